The van der Waals surface area contributed by atoms with Crippen molar-refractivity contribution in [1.29, 1.82) is 0 Å². The lowest BCUT2D eigenvalue weighted by atomic mass is 10.1. The predicted molar refractivity (Wildman–Crippen MR) is 56.4 cm³/mol. The molecular formula is C10H14N2O3. The van der Waals surface area contributed by atoms with Gasteiger partial charge in [-0.2, -0.15) is 0 Å². The fourth-order valence-corrected chi connectivity index (χ4v) is 1.40. The molecule has 0 aliphatic carbocycles. The Balaban J connectivity index is 3.77. The number of aromatic nitrogens is 2. The van der Waals surface area contributed by atoms with Crippen molar-refractivity contribution in [1.82, 2.24) is 9.55 Å². The SMILES string of the molecule is Cc1[nH]c(=O)n(C(C)(C)C)c(=O)c1C=O. The molecular weight excluding hydrogens is 196 g/mol. The second-order valence-corrected chi connectivity index (χ2v) is 4.40. The Bertz CT molecular complexity index is 503. The Morgan fingerprint density at radius 3 is 2.20 bits per heavy atom. The third kappa shape index (κ3) is 1.91. The molecule has 0 saturated heterocycles. The normalized spacial score (nSPS) is 11.5. The maximum absolute atomic E-state index is 11.8. The summed E-state index contributed by atoms with van der Waals surface area (Å²) < 4.78 is 1.05. The van der Waals surface area contributed by atoms with Crippen molar-refractivity contribution >= 4 is 6.29 Å². The predicted octanol–water partition coefficient (Wildman–Crippen LogP) is 0.413. The van der Waals surface area contributed by atoms with Crippen LogP contribution in [-0.4, -0.2) is 15.8 Å². The lowest BCUT2D eigenvalue weighted by Crippen LogP contribution is -2.46. The van der Waals surface area contributed by atoms with Crippen molar-refractivity contribution in [3.05, 3.63) is 32.1 Å². The Hall–Kier alpha value is -1.65. The highest BCUT2D eigenvalue weighted by Crippen LogP contribution is 2.07. The van der Waals surface area contributed by atoms with Crippen LogP contribution in [0.25, 0.3) is 0 Å². The summed E-state index contributed by atoms with van der Waals surface area (Å²) in [5.41, 5.74) is -1.37. The number of nitrogens with zero attached hydrogens (tertiary/aromatic N) is 1. The quantitative estimate of drug-likeness (QED) is 0.682. The van der Waals surface area contributed by atoms with Gasteiger partial charge in [0.25, 0.3) is 5.56 Å². The van der Waals surface area contributed by atoms with Crippen LogP contribution in [0.5, 0.6) is 0 Å². The van der Waals surface area contributed by atoms with Crippen LogP contribution in [-0.2, 0) is 5.54 Å². The Morgan fingerprint density at radius 1 is 1.27 bits per heavy atom. The van der Waals surface area contributed by atoms with E-state index in [1.165, 1.54) is 6.92 Å². The third-order valence-corrected chi connectivity index (χ3v) is 2.12. The van der Waals surface area contributed by atoms with Gasteiger partial charge in [-0.15, -0.1) is 0 Å². The van der Waals surface area contributed by atoms with Crippen molar-refractivity contribution in [2.45, 2.75) is 33.2 Å². The average molecular weight is 210 g/mol. The fraction of sp³-hybridized carbons (Fsp3) is 0.500. The number of nitrogens with one attached hydrogen (secondary N) is 1. The zero-order valence-electron chi connectivity index (χ0n) is 9.25. The highest BCUT2D eigenvalue weighted by molar-refractivity contribution is 5.75. The molecule has 82 valence electrons. The van der Waals surface area contributed by atoms with E-state index in [9.17, 15) is 14.4 Å². The van der Waals surface area contributed by atoms with E-state index in [2.05, 4.69) is 4.98 Å². The molecule has 0 aliphatic rings. The van der Waals surface area contributed by atoms with E-state index in [0.717, 1.165) is 4.57 Å². The van der Waals surface area contributed by atoms with Gasteiger partial charge < -0.3 is 4.98 Å². The van der Waals surface area contributed by atoms with Gasteiger partial charge in [-0.3, -0.25) is 14.2 Å². The second kappa shape index (κ2) is 3.49. The van der Waals surface area contributed by atoms with Gasteiger partial charge in [-0.25, -0.2) is 4.79 Å². The summed E-state index contributed by atoms with van der Waals surface area (Å²) in [6.07, 6.45) is 0.468. The number of aromatic amines is 1. The minimum atomic E-state index is -0.643. The summed E-state index contributed by atoms with van der Waals surface area (Å²) in [5, 5.41) is 0. The highest BCUT2D eigenvalue weighted by atomic mass is 16.2. The Labute approximate surface area is 86.8 Å². The van der Waals surface area contributed by atoms with E-state index in [0.29, 0.717) is 12.0 Å². The number of hydrogen-bond acceptors (Lipinski definition) is 3. The third-order valence-electron chi connectivity index (χ3n) is 2.12. The van der Waals surface area contributed by atoms with Gasteiger partial charge in [-0.05, 0) is 27.7 Å². The lowest BCUT2D eigenvalue weighted by Gasteiger charge is -2.21. The van der Waals surface area contributed by atoms with Gasteiger partial charge in [-0.1, -0.05) is 0 Å². The summed E-state index contributed by atoms with van der Waals surface area (Å²) in [4.78, 5) is 36.6. The van der Waals surface area contributed by atoms with Gasteiger partial charge in [0.1, 0.15) is 0 Å². The minimum Gasteiger partial charge on any atom is -0.311 e. The molecule has 0 radical (unpaired) electrons. The standard InChI is InChI=1S/C10H14N2O3/c1-6-7(5-13)8(14)12(9(15)11-6)10(2,3)4/h5H,1-4H3,(H,11,15). The topological polar surface area (TPSA) is 71.9 Å². The van der Waals surface area contributed by atoms with E-state index in [1.54, 1.807) is 20.8 Å². The molecule has 1 heterocycles. The van der Waals surface area contributed by atoms with E-state index >= 15 is 0 Å². The number of aryl methyl sites for hydroxylation is 1. The van der Waals surface area contributed by atoms with Crippen LogP contribution in [0.3, 0.4) is 0 Å². The van der Waals surface area contributed by atoms with Crippen LogP contribution < -0.4 is 11.2 Å². The molecule has 0 aromatic carbocycles. The first-order valence-corrected chi connectivity index (χ1v) is 4.60. The summed E-state index contributed by atoms with van der Waals surface area (Å²) >= 11 is 0. The first-order valence-electron chi connectivity index (χ1n) is 4.60. The molecule has 0 saturated carbocycles. The van der Waals surface area contributed by atoms with Crippen LogP contribution >= 0.6 is 0 Å². The molecule has 15 heavy (non-hydrogen) atoms. The smallest absolute Gasteiger partial charge is 0.311 e. The van der Waals surface area contributed by atoms with Gasteiger partial charge in [0.2, 0.25) is 0 Å². The molecule has 1 rings (SSSR count). The summed E-state index contributed by atoms with van der Waals surface area (Å²) in [5.74, 6) is 0. The van der Waals surface area contributed by atoms with Gasteiger partial charge >= 0.3 is 5.69 Å². The zero-order valence-corrected chi connectivity index (χ0v) is 9.25. The molecule has 1 N–H and O–H groups in total. The van der Waals surface area contributed by atoms with Crippen molar-refractivity contribution in [2.24, 2.45) is 0 Å². The summed E-state index contributed by atoms with van der Waals surface area (Å²) in [7, 11) is 0. The first-order chi connectivity index (χ1) is 6.79. The van der Waals surface area contributed by atoms with E-state index < -0.39 is 16.8 Å². The minimum absolute atomic E-state index is 0.00419. The molecule has 5 nitrogen and oxygen atoms in total. The van der Waals surface area contributed by atoms with Crippen LogP contribution in [0.2, 0.25) is 0 Å². The zero-order chi connectivity index (χ0) is 11.8. The van der Waals surface area contributed by atoms with Gasteiger partial charge in [0.05, 0.1) is 5.56 Å². The Morgan fingerprint density at radius 2 is 1.80 bits per heavy atom. The maximum Gasteiger partial charge on any atom is 0.329 e. The molecule has 0 bridgehead atoms. The molecule has 0 unspecified atom stereocenters. The number of H-pyrrole nitrogens is 1. The molecule has 1 aromatic rings. The largest absolute Gasteiger partial charge is 0.329 e. The van der Waals surface area contributed by atoms with Crippen LogP contribution in [0.1, 0.15) is 36.8 Å². The van der Waals surface area contributed by atoms with Crippen molar-refractivity contribution in [3.8, 4) is 0 Å². The molecule has 0 amide bonds. The van der Waals surface area contributed by atoms with Crippen LogP contribution in [0.4, 0.5) is 0 Å². The van der Waals surface area contributed by atoms with Gasteiger partial charge in [0.15, 0.2) is 6.29 Å². The summed E-state index contributed by atoms with van der Waals surface area (Å²) in [6, 6.07) is 0. The number of aldehydes is 1. The molecule has 0 spiro atoms. The van der Waals surface area contributed by atoms with E-state index in [-0.39, 0.29) is 5.56 Å². The summed E-state index contributed by atoms with van der Waals surface area (Å²) in [6.45, 7) is 6.72. The van der Waals surface area contributed by atoms with Crippen molar-refractivity contribution < 1.29 is 4.79 Å². The second-order valence-electron chi connectivity index (χ2n) is 4.40. The maximum atomic E-state index is 11.8. The first kappa shape index (κ1) is 11.4. The molecule has 1 aromatic heterocycles. The number of rotatable bonds is 1. The molecule has 0 fully saturated rings. The van der Waals surface area contributed by atoms with Crippen molar-refractivity contribution in [2.75, 3.05) is 0 Å². The molecule has 5 heteroatoms. The van der Waals surface area contributed by atoms with Crippen molar-refractivity contribution in [3.63, 3.8) is 0 Å². The van der Waals surface area contributed by atoms with Crippen LogP contribution in [0, 0.1) is 6.92 Å². The monoisotopic (exact) mass is 210 g/mol. The van der Waals surface area contributed by atoms with E-state index in [4.69, 9.17) is 0 Å². The lowest BCUT2D eigenvalue weighted by molar-refractivity contribution is 0.111. The molecule has 0 aliphatic heterocycles. The number of carbonyl (C=O) groups is 1. The highest BCUT2D eigenvalue weighted by Gasteiger charge is 2.20. The fourth-order valence-electron chi connectivity index (χ4n) is 1.40. The Kier molecular flexibility index (Phi) is 2.66. The van der Waals surface area contributed by atoms with Gasteiger partial charge in [0, 0.05) is 11.2 Å². The molecule has 0 atom stereocenters. The number of hydrogen-bond donors (Lipinski definition) is 1. The van der Waals surface area contributed by atoms with Crippen LogP contribution in [0.15, 0.2) is 9.59 Å². The average Bonchev–Trinajstić information content (AvgIpc) is 2.00. The van der Waals surface area contributed by atoms with E-state index in [1.807, 2.05) is 0 Å². The number of carbonyl (C=O) groups excluding carboxylic acids is 1.